The number of allylic oxidation sites excluding steroid dienone is 4. The summed E-state index contributed by atoms with van der Waals surface area (Å²) in [6.07, 6.45) is 10.3. The molecule has 0 aromatic heterocycles. The second-order valence-electron chi connectivity index (χ2n) is 5.12. The van der Waals surface area contributed by atoms with Crippen molar-refractivity contribution in [2.45, 2.75) is 37.5 Å². The van der Waals surface area contributed by atoms with Crippen LogP contribution in [0.3, 0.4) is 0 Å². The van der Waals surface area contributed by atoms with Gasteiger partial charge in [0.2, 0.25) is 0 Å². The van der Waals surface area contributed by atoms with Crippen LogP contribution in [0, 0.1) is 11.8 Å². The number of halogens is 1. The number of rotatable bonds is 2. The lowest BCUT2D eigenvalue weighted by Crippen LogP contribution is -2.28. The van der Waals surface area contributed by atoms with E-state index in [0.717, 1.165) is 32.2 Å². The van der Waals surface area contributed by atoms with Crippen molar-refractivity contribution < 1.29 is 9.90 Å². The molecule has 1 saturated heterocycles. The van der Waals surface area contributed by atoms with Crippen LogP contribution in [-0.4, -0.2) is 23.0 Å². The molecule has 2 rings (SSSR count). The average Bonchev–Trinajstić information content (AvgIpc) is 2.40. The molecule has 1 aliphatic carbocycles. The molecule has 3 nitrogen and oxygen atoms in total. The summed E-state index contributed by atoms with van der Waals surface area (Å²) in [5, 5.41) is 12.7. The third-order valence-electron chi connectivity index (χ3n) is 3.77. The molecular formula is C14H20ClNO2. The second-order valence-corrected chi connectivity index (χ2v) is 5.74. The Hall–Kier alpha value is -0.960. The number of carbonyl (C=O) groups is 1. The molecule has 1 heterocycles. The van der Waals surface area contributed by atoms with E-state index in [1.807, 2.05) is 12.2 Å². The van der Waals surface area contributed by atoms with Gasteiger partial charge in [-0.1, -0.05) is 12.2 Å². The normalized spacial score (nSPS) is 32.3. The summed E-state index contributed by atoms with van der Waals surface area (Å²) in [4.78, 5) is 10.9. The topological polar surface area (TPSA) is 49.3 Å². The van der Waals surface area contributed by atoms with Gasteiger partial charge in [0.25, 0.3) is 0 Å². The Balaban J connectivity index is 2.10. The van der Waals surface area contributed by atoms with Crippen LogP contribution in [0.5, 0.6) is 0 Å². The molecule has 3 unspecified atom stereocenters. The Morgan fingerprint density at radius 3 is 3.06 bits per heavy atom. The quantitative estimate of drug-likeness (QED) is 0.758. The van der Waals surface area contributed by atoms with Crippen LogP contribution in [0.2, 0.25) is 0 Å². The Kier molecular flexibility index (Phi) is 4.70. The van der Waals surface area contributed by atoms with Gasteiger partial charge in [-0.2, -0.15) is 0 Å². The highest BCUT2D eigenvalue weighted by molar-refractivity contribution is 6.20. The first-order valence-electron chi connectivity index (χ1n) is 6.65. The van der Waals surface area contributed by atoms with Gasteiger partial charge in [0.1, 0.15) is 0 Å². The van der Waals surface area contributed by atoms with Gasteiger partial charge in [0, 0.05) is 23.5 Å². The number of nitrogens with one attached hydrogen (secondary N) is 1. The molecule has 0 bridgehead atoms. The lowest BCUT2D eigenvalue weighted by molar-refractivity contribution is -0.138. The Labute approximate surface area is 113 Å². The molecule has 1 fully saturated rings. The van der Waals surface area contributed by atoms with Crippen LogP contribution >= 0.6 is 11.6 Å². The fourth-order valence-corrected chi connectivity index (χ4v) is 3.10. The predicted octanol–water partition coefficient (Wildman–Crippen LogP) is 2.92. The standard InChI is InChI=1S/C14H20ClNO2/c15-11-4-2-8-16-13-5-1-3-10(9-14(17)18)12(13)7-6-11/h1,3,5,10-12,16H,2,4,6-9H2,(H,17,18). The molecule has 2 N–H and O–H groups in total. The summed E-state index contributed by atoms with van der Waals surface area (Å²) in [6, 6.07) is 0. The van der Waals surface area contributed by atoms with E-state index in [9.17, 15) is 4.79 Å². The van der Waals surface area contributed by atoms with Crippen molar-refractivity contribution in [1.29, 1.82) is 0 Å². The summed E-state index contributed by atoms with van der Waals surface area (Å²) < 4.78 is 0. The van der Waals surface area contributed by atoms with E-state index in [1.165, 1.54) is 5.70 Å². The molecular weight excluding hydrogens is 250 g/mol. The van der Waals surface area contributed by atoms with Crippen LogP contribution in [0.15, 0.2) is 23.9 Å². The zero-order valence-corrected chi connectivity index (χ0v) is 11.2. The van der Waals surface area contributed by atoms with Gasteiger partial charge in [-0.25, -0.2) is 0 Å². The minimum absolute atomic E-state index is 0.0944. The number of hydrogen-bond acceptors (Lipinski definition) is 2. The third-order valence-corrected chi connectivity index (χ3v) is 4.21. The van der Waals surface area contributed by atoms with Crippen molar-refractivity contribution in [2.75, 3.05) is 6.54 Å². The maximum atomic E-state index is 10.9. The van der Waals surface area contributed by atoms with Crippen LogP contribution in [-0.2, 0) is 4.79 Å². The van der Waals surface area contributed by atoms with Gasteiger partial charge in [0.05, 0.1) is 6.42 Å². The second kappa shape index (κ2) is 6.28. The van der Waals surface area contributed by atoms with Gasteiger partial charge in [-0.05, 0) is 37.7 Å². The molecule has 2 aliphatic rings. The van der Waals surface area contributed by atoms with Crippen molar-refractivity contribution in [1.82, 2.24) is 5.32 Å². The van der Waals surface area contributed by atoms with Gasteiger partial charge >= 0.3 is 5.97 Å². The zero-order valence-electron chi connectivity index (χ0n) is 10.4. The van der Waals surface area contributed by atoms with Crippen molar-refractivity contribution in [3.63, 3.8) is 0 Å². The van der Waals surface area contributed by atoms with E-state index >= 15 is 0 Å². The summed E-state index contributed by atoms with van der Waals surface area (Å²) in [7, 11) is 0. The number of fused-ring (bicyclic) bond motifs is 1. The van der Waals surface area contributed by atoms with E-state index in [2.05, 4.69) is 11.4 Å². The molecule has 0 aromatic rings. The maximum Gasteiger partial charge on any atom is 0.303 e. The zero-order chi connectivity index (χ0) is 13.0. The summed E-state index contributed by atoms with van der Waals surface area (Å²) in [5.74, 6) is -0.351. The lowest BCUT2D eigenvalue weighted by Gasteiger charge is -2.29. The Morgan fingerprint density at radius 2 is 2.28 bits per heavy atom. The Morgan fingerprint density at radius 1 is 1.44 bits per heavy atom. The minimum atomic E-state index is -0.729. The number of alkyl halides is 1. The number of aliphatic carboxylic acids is 1. The average molecular weight is 270 g/mol. The molecule has 4 heteroatoms. The first kappa shape index (κ1) is 13.5. The van der Waals surface area contributed by atoms with E-state index in [4.69, 9.17) is 16.7 Å². The SMILES string of the molecule is O=C(O)CC1C=CC=C2NCCCC(Cl)CCC21. The minimum Gasteiger partial charge on any atom is -0.481 e. The van der Waals surface area contributed by atoms with Crippen LogP contribution in [0.4, 0.5) is 0 Å². The monoisotopic (exact) mass is 269 g/mol. The lowest BCUT2D eigenvalue weighted by atomic mass is 9.80. The summed E-state index contributed by atoms with van der Waals surface area (Å²) in [6.45, 7) is 0.930. The molecule has 0 saturated carbocycles. The molecule has 1 aliphatic heterocycles. The first-order chi connectivity index (χ1) is 8.66. The van der Waals surface area contributed by atoms with E-state index < -0.39 is 5.97 Å². The highest BCUT2D eigenvalue weighted by Gasteiger charge is 2.28. The van der Waals surface area contributed by atoms with Crippen molar-refractivity contribution in [2.24, 2.45) is 11.8 Å². The fraction of sp³-hybridized carbons (Fsp3) is 0.643. The number of hydrogen-bond donors (Lipinski definition) is 2. The molecule has 0 amide bonds. The van der Waals surface area contributed by atoms with Crippen molar-refractivity contribution in [3.8, 4) is 0 Å². The highest BCUT2D eigenvalue weighted by atomic mass is 35.5. The molecule has 0 radical (unpaired) electrons. The predicted molar refractivity (Wildman–Crippen MR) is 72.6 cm³/mol. The van der Waals surface area contributed by atoms with Gasteiger partial charge < -0.3 is 10.4 Å². The van der Waals surface area contributed by atoms with Crippen LogP contribution in [0.1, 0.15) is 32.1 Å². The van der Waals surface area contributed by atoms with Crippen LogP contribution < -0.4 is 5.32 Å². The largest absolute Gasteiger partial charge is 0.481 e. The van der Waals surface area contributed by atoms with Crippen molar-refractivity contribution >= 4 is 17.6 Å². The molecule has 0 spiro atoms. The smallest absolute Gasteiger partial charge is 0.303 e. The molecule has 18 heavy (non-hydrogen) atoms. The summed E-state index contributed by atoms with van der Waals surface area (Å²) in [5.41, 5.74) is 1.19. The Bertz CT molecular complexity index is 365. The van der Waals surface area contributed by atoms with Gasteiger partial charge in [-0.15, -0.1) is 11.6 Å². The van der Waals surface area contributed by atoms with E-state index in [1.54, 1.807) is 0 Å². The number of carboxylic acid groups (broad SMARTS) is 1. The molecule has 0 aromatic carbocycles. The molecule has 3 atom stereocenters. The maximum absolute atomic E-state index is 10.9. The molecule has 100 valence electrons. The van der Waals surface area contributed by atoms with E-state index in [-0.39, 0.29) is 23.6 Å². The summed E-state index contributed by atoms with van der Waals surface area (Å²) >= 11 is 6.27. The van der Waals surface area contributed by atoms with E-state index in [0.29, 0.717) is 0 Å². The first-order valence-corrected chi connectivity index (χ1v) is 7.08. The fourth-order valence-electron chi connectivity index (χ4n) is 2.82. The third kappa shape index (κ3) is 3.52. The van der Waals surface area contributed by atoms with Crippen LogP contribution in [0.25, 0.3) is 0 Å². The van der Waals surface area contributed by atoms with Crippen molar-refractivity contribution in [3.05, 3.63) is 23.9 Å². The van der Waals surface area contributed by atoms with Gasteiger partial charge in [-0.3, -0.25) is 4.79 Å². The highest BCUT2D eigenvalue weighted by Crippen LogP contribution is 2.33. The number of carboxylic acids is 1. The van der Waals surface area contributed by atoms with Gasteiger partial charge in [0.15, 0.2) is 0 Å².